The Kier molecular flexibility index (Phi) is 6.47. The Morgan fingerprint density at radius 2 is 0.833 bits per heavy atom. The second-order valence-corrected chi connectivity index (χ2v) is 11.2. The molecule has 0 atom stereocenters. The molecule has 44 valence electrons. The Bertz CT molecular complexity index is 23.0. The maximum absolute atomic E-state index is 4.95. The molecule has 0 aliphatic heterocycles. The van der Waals surface area contributed by atoms with Crippen molar-refractivity contribution < 1.29 is 9.20 Å². The molecule has 0 radical (unpaired) electrons. The van der Waals surface area contributed by atoms with E-state index >= 15 is 0 Å². The molecule has 6 heavy (non-hydrogen) atoms. The van der Waals surface area contributed by atoms with Gasteiger partial charge in [0.15, 0.2) is 0 Å². The minimum atomic E-state index is -2.61. The molecule has 0 nitrogen and oxygen atoms in total. The normalized spacial score (nSPS) is 12.7. The van der Waals surface area contributed by atoms with Gasteiger partial charge >= 0.3 is 49.6 Å². The van der Waals surface area contributed by atoms with Gasteiger partial charge in [0.1, 0.15) is 0 Å². The van der Waals surface area contributed by atoms with Crippen molar-refractivity contribution in [2.45, 2.75) is 0 Å². The number of rotatable bonds is 0. The summed E-state index contributed by atoms with van der Waals surface area (Å²) in [5.74, 6) is 0. The van der Waals surface area contributed by atoms with Crippen LogP contribution in [-0.4, -0.2) is 0 Å². The van der Waals surface area contributed by atoms with E-state index in [1.807, 2.05) is 0 Å². The van der Waals surface area contributed by atoms with E-state index in [-0.39, 0.29) is 7.43 Å². The molecule has 0 unspecified atom stereocenters. The molecule has 0 N–H and O–H groups in total. The van der Waals surface area contributed by atoms with Gasteiger partial charge in [0, 0.05) is 0 Å². The van der Waals surface area contributed by atoms with Crippen molar-refractivity contribution in [3.63, 3.8) is 0 Å². The summed E-state index contributed by atoms with van der Waals surface area (Å²) in [6, 6.07) is 0. The van der Waals surface area contributed by atoms with Gasteiger partial charge in [0.25, 0.3) is 0 Å². The van der Waals surface area contributed by atoms with Gasteiger partial charge in [-0.3, -0.25) is 0 Å². The molecule has 0 aromatic carbocycles. The summed E-state index contributed by atoms with van der Waals surface area (Å²) in [5.41, 5.74) is 0. The number of hydrogen-bond donors (Lipinski definition) is 0. The van der Waals surface area contributed by atoms with E-state index in [1.165, 1.54) is 0 Å². The van der Waals surface area contributed by atoms with Gasteiger partial charge < -0.3 is 7.43 Å². The number of hydrogen-bond acceptors (Lipinski definition) is 0. The second kappa shape index (κ2) is 3.65. The fourth-order valence-electron chi connectivity index (χ4n) is 0. The summed E-state index contributed by atoms with van der Waals surface area (Å²) in [4.78, 5) is 0. The van der Waals surface area contributed by atoms with Crippen LogP contribution in [0.4, 0.5) is 0 Å². The first kappa shape index (κ1) is 10.6. The van der Waals surface area contributed by atoms with Crippen LogP contribution in [0.1, 0.15) is 0 Å². The van der Waals surface area contributed by atoms with Gasteiger partial charge in [-0.25, -0.2) is 0 Å². The topological polar surface area (TPSA) is 0 Å². The molecule has 0 spiro atoms. The molecule has 0 aliphatic carbocycles. The summed E-state index contributed by atoms with van der Waals surface area (Å²) in [5, 5.41) is 0. The van der Waals surface area contributed by atoms with E-state index in [0.29, 0.717) is 0 Å². The molecule has 5 heteroatoms. The third kappa shape index (κ3) is 44.1. The first-order chi connectivity index (χ1) is 2.00. The van der Waals surface area contributed by atoms with E-state index in [0.717, 1.165) is 0 Å². The molecular formula is CH3Cl4Fe-. The van der Waals surface area contributed by atoms with E-state index in [4.69, 9.17) is 40.4 Å². The predicted octanol–water partition coefficient (Wildman–Crippen LogP) is 3.21. The van der Waals surface area contributed by atoms with Crippen LogP contribution >= 0.6 is 40.4 Å². The maximum atomic E-state index is 4.95. The molecule has 0 aromatic rings. The molecule has 0 bridgehead atoms. The fourth-order valence-corrected chi connectivity index (χ4v) is 0. The zero-order valence-corrected chi connectivity index (χ0v) is 6.99. The van der Waals surface area contributed by atoms with E-state index in [1.54, 1.807) is 0 Å². The van der Waals surface area contributed by atoms with Crippen molar-refractivity contribution in [1.29, 1.82) is 0 Å². The van der Waals surface area contributed by atoms with Crippen molar-refractivity contribution in [2.75, 3.05) is 0 Å². The van der Waals surface area contributed by atoms with Crippen LogP contribution in [0.2, 0.25) is 0 Å². The second-order valence-electron chi connectivity index (χ2n) is 0.303. The van der Waals surface area contributed by atoms with Crippen LogP contribution in [-0.2, 0) is 9.20 Å². The summed E-state index contributed by atoms with van der Waals surface area (Å²) in [6.07, 6.45) is 0. The monoisotopic (exact) mass is 211 g/mol. The van der Waals surface area contributed by atoms with E-state index in [2.05, 4.69) is 0 Å². The first-order valence-electron chi connectivity index (χ1n) is 0.535. The summed E-state index contributed by atoms with van der Waals surface area (Å²) in [6.45, 7) is 0. The zero-order chi connectivity index (χ0) is 4.50. The average molecular weight is 213 g/mol. The SMILES string of the molecule is [CH3-].[Cl][Fe]([Cl])([Cl])[Cl]. The van der Waals surface area contributed by atoms with E-state index < -0.39 is 9.20 Å². The minimum absolute atomic E-state index is 0. The average Bonchev–Trinajstić information content (AvgIpc) is 0.722. The van der Waals surface area contributed by atoms with Gasteiger partial charge in [0.2, 0.25) is 0 Å². The van der Waals surface area contributed by atoms with Crippen LogP contribution in [0.3, 0.4) is 0 Å². The van der Waals surface area contributed by atoms with Gasteiger partial charge in [-0.1, -0.05) is 0 Å². The van der Waals surface area contributed by atoms with Crippen LogP contribution in [0.25, 0.3) is 0 Å². The predicted molar refractivity (Wildman–Crippen MR) is 29.8 cm³/mol. The van der Waals surface area contributed by atoms with Gasteiger partial charge in [0.05, 0.1) is 0 Å². The van der Waals surface area contributed by atoms with Crippen molar-refractivity contribution >= 4 is 40.4 Å². The van der Waals surface area contributed by atoms with Crippen LogP contribution < -0.4 is 0 Å². The van der Waals surface area contributed by atoms with Crippen molar-refractivity contribution in [2.24, 2.45) is 0 Å². The molecule has 0 saturated carbocycles. The Balaban J connectivity index is 0. The summed E-state index contributed by atoms with van der Waals surface area (Å²) in [7, 11) is 17.2. The Morgan fingerprint density at radius 3 is 0.833 bits per heavy atom. The van der Waals surface area contributed by atoms with Crippen LogP contribution in [0.5, 0.6) is 0 Å². The van der Waals surface area contributed by atoms with Crippen molar-refractivity contribution in [3.05, 3.63) is 7.43 Å². The van der Waals surface area contributed by atoms with Gasteiger partial charge in [-0.2, -0.15) is 0 Å². The number of halogens is 4. The molecule has 0 heterocycles. The standard InChI is InChI=1S/CH3.4ClH.Fe/h1H3;4*1H;/q-1;;;;;+4/p-4. The summed E-state index contributed by atoms with van der Waals surface area (Å²) >= 11 is 0. The third-order valence-corrected chi connectivity index (χ3v) is 0. The Labute approximate surface area is 56.8 Å². The molecule has 0 aromatic heterocycles. The summed E-state index contributed by atoms with van der Waals surface area (Å²) < 4.78 is 0. The molecule has 0 aliphatic rings. The molecular weight excluding hydrogens is 210 g/mol. The molecule has 0 amide bonds. The van der Waals surface area contributed by atoms with Gasteiger partial charge in [-0.05, 0) is 0 Å². The molecule has 0 saturated heterocycles. The van der Waals surface area contributed by atoms with Crippen LogP contribution in [0.15, 0.2) is 0 Å². The van der Waals surface area contributed by atoms with E-state index in [9.17, 15) is 0 Å². The Hall–Kier alpha value is 1.68. The quantitative estimate of drug-likeness (QED) is 0.427. The fraction of sp³-hybridized carbons (Fsp3) is 0. The molecule has 0 rings (SSSR count). The third-order valence-electron chi connectivity index (χ3n) is 0. The van der Waals surface area contributed by atoms with Gasteiger partial charge in [-0.15, -0.1) is 0 Å². The van der Waals surface area contributed by atoms with Crippen molar-refractivity contribution in [3.8, 4) is 0 Å². The van der Waals surface area contributed by atoms with Crippen molar-refractivity contribution in [1.82, 2.24) is 0 Å². The Morgan fingerprint density at radius 1 is 0.833 bits per heavy atom. The first-order valence-corrected chi connectivity index (χ1v) is 6.61. The molecule has 0 fully saturated rings. The van der Waals surface area contributed by atoms with Crippen LogP contribution in [0, 0.1) is 7.43 Å². The zero-order valence-electron chi connectivity index (χ0n) is 2.87.